The van der Waals surface area contributed by atoms with Crippen LogP contribution in [0.1, 0.15) is 75.9 Å². The molecule has 0 aliphatic heterocycles. The lowest BCUT2D eigenvalue weighted by Gasteiger charge is -2.17. The van der Waals surface area contributed by atoms with E-state index in [0.29, 0.717) is 6.04 Å². The molecule has 0 aliphatic rings. The molecule has 0 fully saturated rings. The van der Waals surface area contributed by atoms with E-state index in [0.717, 1.165) is 13.0 Å². The van der Waals surface area contributed by atoms with Crippen LogP contribution >= 0.6 is 11.5 Å². The number of aromatic nitrogens is 2. The lowest BCUT2D eigenvalue weighted by atomic mass is 10.0. The maximum atomic E-state index is 4.24. The van der Waals surface area contributed by atoms with Crippen LogP contribution < -0.4 is 5.32 Å². The molecule has 1 aromatic heterocycles. The van der Waals surface area contributed by atoms with Gasteiger partial charge in [-0.1, -0.05) is 50.9 Å². The van der Waals surface area contributed by atoms with Gasteiger partial charge in [0.25, 0.3) is 0 Å². The summed E-state index contributed by atoms with van der Waals surface area (Å²) in [5.41, 5.74) is 1.18. The first-order valence-corrected chi connectivity index (χ1v) is 8.15. The third kappa shape index (κ3) is 5.02. The van der Waals surface area contributed by atoms with E-state index in [1.165, 1.54) is 49.1 Å². The van der Waals surface area contributed by atoms with Crippen LogP contribution in [0.25, 0.3) is 0 Å². The third-order valence-electron chi connectivity index (χ3n) is 3.22. The molecule has 0 radical (unpaired) electrons. The molecule has 104 valence electrons. The molecule has 1 aromatic rings. The van der Waals surface area contributed by atoms with Gasteiger partial charge in [0.1, 0.15) is 0 Å². The Morgan fingerprint density at radius 1 is 1.11 bits per heavy atom. The summed E-state index contributed by atoms with van der Waals surface area (Å²) in [6, 6.07) is 0.469. The van der Waals surface area contributed by atoms with Crippen molar-refractivity contribution in [2.75, 3.05) is 6.54 Å². The largest absolute Gasteiger partial charge is 0.309 e. The van der Waals surface area contributed by atoms with Gasteiger partial charge in [-0.25, -0.2) is 0 Å². The maximum absolute atomic E-state index is 4.24. The second-order valence-electron chi connectivity index (χ2n) is 4.79. The van der Waals surface area contributed by atoms with Crippen molar-refractivity contribution >= 4 is 11.5 Å². The average molecular weight is 269 g/mol. The van der Waals surface area contributed by atoms with Crippen LogP contribution in [0.2, 0.25) is 0 Å². The van der Waals surface area contributed by atoms with Gasteiger partial charge in [-0.3, -0.25) is 0 Å². The summed E-state index contributed by atoms with van der Waals surface area (Å²) in [4.78, 5) is 1.36. The van der Waals surface area contributed by atoms with Crippen molar-refractivity contribution in [3.8, 4) is 0 Å². The molecule has 0 aliphatic carbocycles. The minimum atomic E-state index is 0.469. The van der Waals surface area contributed by atoms with Crippen LogP contribution in [0.4, 0.5) is 0 Å². The van der Waals surface area contributed by atoms with Gasteiger partial charge < -0.3 is 5.32 Å². The standard InChI is InChI=1S/C14H27N3S/c1-4-7-8-9-10-13(15-11-5-2)14-12(6-3)16-17-18-14/h13,15H,4-11H2,1-3H3. The maximum Gasteiger partial charge on any atom is 0.0800 e. The number of nitrogens with zero attached hydrogens (tertiary/aromatic N) is 2. The van der Waals surface area contributed by atoms with Gasteiger partial charge >= 0.3 is 0 Å². The lowest BCUT2D eigenvalue weighted by molar-refractivity contribution is 0.473. The Morgan fingerprint density at radius 2 is 1.94 bits per heavy atom. The number of unbranched alkanes of at least 4 members (excludes halogenated alkanes) is 3. The monoisotopic (exact) mass is 269 g/mol. The first-order valence-electron chi connectivity index (χ1n) is 7.37. The van der Waals surface area contributed by atoms with Crippen molar-refractivity contribution in [1.82, 2.24) is 14.9 Å². The second-order valence-corrected chi connectivity index (χ2v) is 5.58. The predicted molar refractivity (Wildman–Crippen MR) is 79.1 cm³/mol. The van der Waals surface area contributed by atoms with Crippen LogP contribution in [0.3, 0.4) is 0 Å². The number of aryl methyl sites for hydroxylation is 1. The van der Waals surface area contributed by atoms with Gasteiger partial charge in [0.05, 0.1) is 10.6 Å². The van der Waals surface area contributed by atoms with E-state index in [4.69, 9.17) is 0 Å². The van der Waals surface area contributed by atoms with Crippen LogP contribution in [0, 0.1) is 0 Å². The first kappa shape index (κ1) is 15.6. The summed E-state index contributed by atoms with van der Waals surface area (Å²) in [5.74, 6) is 0. The Balaban J connectivity index is 2.54. The van der Waals surface area contributed by atoms with Gasteiger partial charge in [0, 0.05) is 6.04 Å². The van der Waals surface area contributed by atoms with E-state index in [2.05, 4.69) is 35.7 Å². The molecular weight excluding hydrogens is 242 g/mol. The van der Waals surface area contributed by atoms with Crippen molar-refractivity contribution in [2.24, 2.45) is 0 Å². The van der Waals surface area contributed by atoms with Gasteiger partial charge in [-0.15, -0.1) is 5.10 Å². The highest BCUT2D eigenvalue weighted by Crippen LogP contribution is 2.25. The molecule has 0 aromatic carbocycles. The summed E-state index contributed by atoms with van der Waals surface area (Å²) in [6.45, 7) is 7.72. The van der Waals surface area contributed by atoms with Crippen LogP contribution in [-0.4, -0.2) is 16.1 Å². The fourth-order valence-electron chi connectivity index (χ4n) is 2.14. The zero-order valence-electron chi connectivity index (χ0n) is 12.0. The minimum Gasteiger partial charge on any atom is -0.309 e. The Hall–Kier alpha value is -0.480. The van der Waals surface area contributed by atoms with Crippen molar-refractivity contribution in [1.29, 1.82) is 0 Å². The predicted octanol–water partition coefficient (Wildman–Crippen LogP) is 4.11. The van der Waals surface area contributed by atoms with E-state index < -0.39 is 0 Å². The fraction of sp³-hybridized carbons (Fsp3) is 0.857. The van der Waals surface area contributed by atoms with E-state index in [1.807, 2.05) is 0 Å². The quantitative estimate of drug-likeness (QED) is 0.649. The highest BCUT2D eigenvalue weighted by atomic mass is 32.1. The van der Waals surface area contributed by atoms with Gasteiger partial charge in [0.2, 0.25) is 0 Å². The molecule has 1 atom stereocenters. The highest BCUT2D eigenvalue weighted by molar-refractivity contribution is 7.05. The number of nitrogens with one attached hydrogen (secondary N) is 1. The van der Waals surface area contributed by atoms with Crippen molar-refractivity contribution in [3.63, 3.8) is 0 Å². The minimum absolute atomic E-state index is 0.469. The van der Waals surface area contributed by atoms with E-state index in [1.54, 1.807) is 11.5 Å². The van der Waals surface area contributed by atoms with Gasteiger partial charge in [-0.2, -0.15) is 0 Å². The summed E-state index contributed by atoms with van der Waals surface area (Å²) in [6.07, 6.45) is 8.68. The normalized spacial score (nSPS) is 12.8. The third-order valence-corrected chi connectivity index (χ3v) is 4.10. The summed E-state index contributed by atoms with van der Waals surface area (Å²) < 4.78 is 4.12. The second kappa shape index (κ2) is 9.45. The van der Waals surface area contributed by atoms with Crippen molar-refractivity contribution < 1.29 is 0 Å². The number of rotatable bonds is 10. The van der Waals surface area contributed by atoms with E-state index >= 15 is 0 Å². The van der Waals surface area contributed by atoms with E-state index in [-0.39, 0.29) is 0 Å². The summed E-state index contributed by atoms with van der Waals surface area (Å²) in [5, 5.41) is 7.89. The van der Waals surface area contributed by atoms with Crippen molar-refractivity contribution in [3.05, 3.63) is 10.6 Å². The fourth-order valence-corrected chi connectivity index (χ4v) is 2.99. The van der Waals surface area contributed by atoms with Crippen LogP contribution in [0.15, 0.2) is 0 Å². The molecule has 0 saturated carbocycles. The van der Waals surface area contributed by atoms with Gasteiger partial charge in [-0.05, 0) is 37.3 Å². The smallest absolute Gasteiger partial charge is 0.0800 e. The average Bonchev–Trinajstić information content (AvgIpc) is 2.86. The van der Waals surface area contributed by atoms with Crippen LogP contribution in [-0.2, 0) is 6.42 Å². The van der Waals surface area contributed by atoms with Crippen LogP contribution in [0.5, 0.6) is 0 Å². The molecule has 0 saturated heterocycles. The molecule has 1 unspecified atom stereocenters. The molecule has 4 heteroatoms. The Labute approximate surface area is 116 Å². The molecule has 1 rings (SSSR count). The topological polar surface area (TPSA) is 37.8 Å². The number of hydrogen-bond donors (Lipinski definition) is 1. The zero-order chi connectivity index (χ0) is 13.2. The molecule has 1 heterocycles. The molecule has 0 amide bonds. The molecule has 18 heavy (non-hydrogen) atoms. The lowest BCUT2D eigenvalue weighted by Crippen LogP contribution is -2.22. The Bertz CT molecular complexity index is 312. The highest BCUT2D eigenvalue weighted by Gasteiger charge is 2.17. The first-order chi connectivity index (χ1) is 8.83. The van der Waals surface area contributed by atoms with Crippen molar-refractivity contribution in [2.45, 2.75) is 71.8 Å². The molecule has 1 N–H and O–H groups in total. The Kier molecular flexibility index (Phi) is 8.18. The molecule has 0 spiro atoms. The molecule has 3 nitrogen and oxygen atoms in total. The summed E-state index contributed by atoms with van der Waals surface area (Å²) >= 11 is 1.57. The SMILES string of the molecule is CCCCCCC(NCCC)c1snnc1CC. The zero-order valence-corrected chi connectivity index (χ0v) is 12.9. The Morgan fingerprint density at radius 3 is 2.61 bits per heavy atom. The molecule has 0 bridgehead atoms. The van der Waals surface area contributed by atoms with Gasteiger partial charge in [0.15, 0.2) is 0 Å². The molecular formula is C14H27N3S. The number of hydrogen-bond acceptors (Lipinski definition) is 4. The van der Waals surface area contributed by atoms with E-state index in [9.17, 15) is 0 Å². The summed E-state index contributed by atoms with van der Waals surface area (Å²) in [7, 11) is 0.